The van der Waals surface area contributed by atoms with Crippen LogP contribution in [0.15, 0.2) is 65.1 Å². The number of hydrogen-bond acceptors (Lipinski definition) is 3. The second-order valence-electron chi connectivity index (χ2n) is 7.94. The topological polar surface area (TPSA) is 29.1 Å². The van der Waals surface area contributed by atoms with E-state index in [1.807, 2.05) is 24.3 Å². The molecular weight excluding hydrogens is 374 g/mol. The molecule has 0 radical (unpaired) electrons. The summed E-state index contributed by atoms with van der Waals surface area (Å²) in [7, 11) is 0. The van der Waals surface area contributed by atoms with Gasteiger partial charge in [0.05, 0.1) is 16.6 Å². The second kappa shape index (κ2) is 6.64. The molecule has 0 bridgehead atoms. The first-order valence-corrected chi connectivity index (χ1v) is 10.8. The Hall–Kier alpha value is -2.78. The molecule has 1 aliphatic heterocycles. The number of ketones is 1. The molecule has 0 saturated heterocycles. The number of rotatable bonds is 1. The summed E-state index contributed by atoms with van der Waals surface area (Å²) in [6.07, 6.45) is 0. The maximum Gasteiger partial charge on any atom is 0.193 e. The molecule has 3 aromatic rings. The van der Waals surface area contributed by atoms with Crippen molar-refractivity contribution in [1.29, 1.82) is 0 Å². The van der Waals surface area contributed by atoms with Crippen molar-refractivity contribution in [3.8, 4) is 0 Å². The fraction of sp³-hybridized carbons (Fsp3) is 0.192. The van der Waals surface area contributed by atoms with Crippen LogP contribution in [0.5, 0.6) is 0 Å². The monoisotopic (exact) mass is 397 g/mol. The van der Waals surface area contributed by atoms with Crippen molar-refractivity contribution in [2.45, 2.75) is 37.8 Å². The van der Waals surface area contributed by atoms with Crippen molar-refractivity contribution >= 4 is 28.9 Å². The fourth-order valence-electron chi connectivity index (χ4n) is 4.42. The van der Waals surface area contributed by atoms with Crippen LogP contribution in [0.2, 0.25) is 0 Å². The molecule has 1 atom stereocenters. The fourth-order valence-corrected chi connectivity index (χ4v) is 5.79. The van der Waals surface area contributed by atoms with Crippen molar-refractivity contribution in [3.63, 3.8) is 0 Å². The first-order valence-electron chi connectivity index (χ1n) is 9.95. The highest BCUT2D eigenvalue weighted by molar-refractivity contribution is 8.00. The molecule has 3 aromatic carbocycles. The standard InChI is InChI=1S/C26H23NOS/c1-14-13-20(17(4)16(3)15(14)2)26-23-24(18-9-5-6-10-19(18)25(23)28)27-21-11-7-8-12-22(21)29-26/h5-13,26-27H,1-4H3/t26-/m0/s1. The molecule has 0 unspecified atom stereocenters. The lowest BCUT2D eigenvalue weighted by Crippen LogP contribution is -2.10. The van der Waals surface area contributed by atoms with Gasteiger partial charge < -0.3 is 5.32 Å². The maximum atomic E-state index is 13.6. The average molecular weight is 398 g/mol. The zero-order chi connectivity index (χ0) is 20.3. The van der Waals surface area contributed by atoms with Gasteiger partial charge in [-0.2, -0.15) is 0 Å². The molecule has 5 rings (SSSR count). The van der Waals surface area contributed by atoms with E-state index in [-0.39, 0.29) is 11.0 Å². The van der Waals surface area contributed by atoms with Crippen LogP contribution in [0.3, 0.4) is 0 Å². The average Bonchev–Trinajstić information content (AvgIpc) is 2.90. The number of nitrogens with one attached hydrogen (secondary N) is 1. The Balaban J connectivity index is 1.80. The first kappa shape index (κ1) is 18.3. The predicted molar refractivity (Wildman–Crippen MR) is 122 cm³/mol. The van der Waals surface area contributed by atoms with E-state index in [1.54, 1.807) is 11.8 Å². The van der Waals surface area contributed by atoms with E-state index in [4.69, 9.17) is 0 Å². The zero-order valence-corrected chi connectivity index (χ0v) is 17.9. The van der Waals surface area contributed by atoms with Crippen LogP contribution in [-0.2, 0) is 0 Å². The van der Waals surface area contributed by atoms with Crippen molar-refractivity contribution < 1.29 is 4.79 Å². The Bertz CT molecular complexity index is 1220. The van der Waals surface area contributed by atoms with Gasteiger partial charge in [-0.15, -0.1) is 11.8 Å². The van der Waals surface area contributed by atoms with Gasteiger partial charge in [0.15, 0.2) is 5.78 Å². The third-order valence-electron chi connectivity index (χ3n) is 6.41. The summed E-state index contributed by atoms with van der Waals surface area (Å²) in [4.78, 5) is 14.7. The van der Waals surface area contributed by atoms with Gasteiger partial charge >= 0.3 is 0 Å². The lowest BCUT2D eigenvalue weighted by molar-refractivity contribution is 0.103. The highest BCUT2D eigenvalue weighted by Crippen LogP contribution is 2.53. The van der Waals surface area contributed by atoms with Gasteiger partial charge in [0, 0.05) is 21.6 Å². The maximum absolute atomic E-state index is 13.6. The Morgan fingerprint density at radius 2 is 1.52 bits per heavy atom. The molecule has 0 saturated carbocycles. The van der Waals surface area contributed by atoms with E-state index in [2.05, 4.69) is 63.3 Å². The summed E-state index contributed by atoms with van der Waals surface area (Å²) < 4.78 is 0. The predicted octanol–water partition coefficient (Wildman–Crippen LogP) is 6.79. The number of para-hydroxylation sites is 1. The third kappa shape index (κ3) is 2.68. The van der Waals surface area contributed by atoms with Gasteiger partial charge in [0.2, 0.25) is 0 Å². The number of benzene rings is 3. The van der Waals surface area contributed by atoms with Crippen LogP contribution < -0.4 is 5.32 Å². The number of hydrogen-bond donors (Lipinski definition) is 1. The Morgan fingerprint density at radius 3 is 2.31 bits per heavy atom. The molecule has 0 amide bonds. The minimum Gasteiger partial charge on any atom is -0.354 e. The molecule has 2 aliphatic rings. The van der Waals surface area contributed by atoms with Crippen LogP contribution in [0, 0.1) is 27.7 Å². The van der Waals surface area contributed by atoms with Crippen molar-refractivity contribution in [2.24, 2.45) is 0 Å². The zero-order valence-electron chi connectivity index (χ0n) is 17.1. The van der Waals surface area contributed by atoms with Gasteiger partial charge in [-0.1, -0.05) is 42.5 Å². The molecule has 0 fully saturated rings. The molecule has 144 valence electrons. The third-order valence-corrected chi connectivity index (χ3v) is 7.75. The Morgan fingerprint density at radius 1 is 0.828 bits per heavy atom. The van der Waals surface area contributed by atoms with E-state index in [9.17, 15) is 4.79 Å². The van der Waals surface area contributed by atoms with E-state index >= 15 is 0 Å². The second-order valence-corrected chi connectivity index (χ2v) is 9.09. The number of thioether (sulfide) groups is 1. The Labute approximate surface area is 176 Å². The van der Waals surface area contributed by atoms with Crippen molar-refractivity contribution in [1.82, 2.24) is 0 Å². The van der Waals surface area contributed by atoms with Crippen LogP contribution in [0.1, 0.15) is 49.0 Å². The number of carbonyl (C=O) groups is 1. The smallest absolute Gasteiger partial charge is 0.193 e. The van der Waals surface area contributed by atoms with Crippen molar-refractivity contribution in [2.75, 3.05) is 5.32 Å². The molecular formula is C26H23NOS. The normalized spacial score (nSPS) is 17.4. The molecule has 0 spiro atoms. The summed E-state index contributed by atoms with van der Waals surface area (Å²) in [6.45, 7) is 8.73. The summed E-state index contributed by atoms with van der Waals surface area (Å²) in [5.74, 6) is 0.142. The molecule has 1 N–H and O–H groups in total. The summed E-state index contributed by atoms with van der Waals surface area (Å²) >= 11 is 1.78. The van der Waals surface area contributed by atoms with E-state index in [0.29, 0.717) is 0 Å². The summed E-state index contributed by atoms with van der Waals surface area (Å²) in [5, 5.41) is 3.56. The van der Waals surface area contributed by atoms with Crippen LogP contribution in [-0.4, -0.2) is 5.78 Å². The van der Waals surface area contributed by atoms with Gasteiger partial charge in [-0.05, 0) is 67.6 Å². The van der Waals surface area contributed by atoms with E-state index in [1.165, 1.54) is 32.7 Å². The van der Waals surface area contributed by atoms with E-state index in [0.717, 1.165) is 28.1 Å². The highest BCUT2D eigenvalue weighted by Gasteiger charge is 2.38. The van der Waals surface area contributed by atoms with Gasteiger partial charge in [0.1, 0.15) is 0 Å². The summed E-state index contributed by atoms with van der Waals surface area (Å²) in [6, 6.07) is 18.6. The first-order chi connectivity index (χ1) is 14.0. The minimum atomic E-state index is -0.0425. The largest absolute Gasteiger partial charge is 0.354 e. The van der Waals surface area contributed by atoms with Gasteiger partial charge in [-0.3, -0.25) is 4.79 Å². The molecule has 0 aromatic heterocycles. The highest BCUT2D eigenvalue weighted by atomic mass is 32.2. The number of aryl methyl sites for hydroxylation is 1. The minimum absolute atomic E-state index is 0.0425. The number of carbonyl (C=O) groups excluding carboxylic acids is 1. The lowest BCUT2D eigenvalue weighted by Gasteiger charge is -2.22. The summed E-state index contributed by atoms with van der Waals surface area (Å²) in [5.41, 5.74) is 11.1. The lowest BCUT2D eigenvalue weighted by atomic mass is 9.90. The van der Waals surface area contributed by atoms with Gasteiger partial charge in [0.25, 0.3) is 0 Å². The number of fused-ring (bicyclic) bond motifs is 3. The van der Waals surface area contributed by atoms with Crippen LogP contribution in [0.25, 0.3) is 5.70 Å². The van der Waals surface area contributed by atoms with Crippen molar-refractivity contribution in [3.05, 3.63) is 99.1 Å². The number of anilines is 1. The quantitative estimate of drug-likeness (QED) is 0.490. The van der Waals surface area contributed by atoms with Gasteiger partial charge in [-0.25, -0.2) is 0 Å². The Kier molecular flexibility index (Phi) is 4.18. The molecule has 2 nitrogen and oxygen atoms in total. The van der Waals surface area contributed by atoms with Crippen LogP contribution >= 0.6 is 11.8 Å². The molecule has 3 heteroatoms. The van der Waals surface area contributed by atoms with E-state index < -0.39 is 0 Å². The molecule has 1 aliphatic carbocycles. The molecule has 1 heterocycles. The molecule has 29 heavy (non-hydrogen) atoms. The SMILES string of the molecule is Cc1cc([C@@H]2Sc3ccccc3NC3=C2C(=O)c2ccccc23)c(C)c(C)c1C. The van der Waals surface area contributed by atoms with Crippen LogP contribution in [0.4, 0.5) is 5.69 Å². The number of Topliss-reactive ketones (excluding diaryl/α,β-unsaturated/α-hetero) is 1.